The van der Waals surface area contributed by atoms with Gasteiger partial charge in [-0.15, -0.1) is 11.3 Å². The zero-order valence-electron chi connectivity index (χ0n) is 20.2. The average molecular weight is 494 g/mol. The number of hydrogen-bond acceptors (Lipinski definition) is 6. The number of aromatic nitrogens is 2. The number of carbonyl (C=O) groups excluding carboxylic acids is 2. The van der Waals surface area contributed by atoms with Gasteiger partial charge in [0.2, 0.25) is 5.91 Å². The van der Waals surface area contributed by atoms with Crippen molar-refractivity contribution < 1.29 is 9.59 Å². The predicted molar refractivity (Wildman–Crippen MR) is 140 cm³/mol. The van der Waals surface area contributed by atoms with Gasteiger partial charge in [0, 0.05) is 34.4 Å². The molecular weight excluding hydrogens is 462 g/mol. The molecular formula is C27H31N3O2S2. The van der Waals surface area contributed by atoms with Gasteiger partial charge in [-0.1, -0.05) is 32.5 Å². The number of ketones is 1. The number of thiophene rings is 1. The zero-order valence-corrected chi connectivity index (χ0v) is 21.9. The zero-order chi connectivity index (χ0) is 24.0. The number of nitrogens with zero attached hydrogens (tertiary/aromatic N) is 2. The molecule has 1 N–H and O–H groups in total. The van der Waals surface area contributed by atoms with Gasteiger partial charge in [0.1, 0.15) is 15.7 Å². The normalized spacial score (nSPS) is 18.1. The van der Waals surface area contributed by atoms with Crippen molar-refractivity contribution in [2.45, 2.75) is 70.7 Å². The molecule has 1 unspecified atom stereocenters. The topological polar surface area (TPSA) is 72.0 Å². The molecule has 1 amide bonds. The van der Waals surface area contributed by atoms with Crippen LogP contribution in [-0.4, -0.2) is 27.4 Å². The van der Waals surface area contributed by atoms with E-state index in [-0.39, 0.29) is 11.7 Å². The van der Waals surface area contributed by atoms with Crippen LogP contribution in [0.1, 0.15) is 79.5 Å². The minimum atomic E-state index is -0.123. The van der Waals surface area contributed by atoms with E-state index in [9.17, 15) is 9.59 Å². The Bertz CT molecular complexity index is 1250. The van der Waals surface area contributed by atoms with E-state index >= 15 is 0 Å². The number of benzene rings is 1. The highest BCUT2D eigenvalue weighted by molar-refractivity contribution is 8.00. The number of Topliss-reactive ketones (excluding diaryl/α,β-unsaturated/α-hetero) is 1. The number of fused-ring (bicyclic) bond motifs is 3. The summed E-state index contributed by atoms with van der Waals surface area (Å²) in [6.45, 7) is 8.50. The molecule has 0 bridgehead atoms. The maximum Gasteiger partial charge on any atom is 0.221 e. The molecule has 3 aromatic rings. The van der Waals surface area contributed by atoms with Crippen LogP contribution >= 0.6 is 23.1 Å². The standard InChI is InChI=1S/C27H31N3O2S2/c1-15(31)28-19-10-7-16(8-11-19)21(32)14-33-25-23-20-12-9-18(27(2,3)4)13-22(20)34-26(23)30-24(29-25)17-5-6-17/h7-8,10-11,17-18H,5-6,9,12-14H2,1-4H3,(H,28,31). The Morgan fingerprint density at radius 1 is 1.12 bits per heavy atom. The highest BCUT2D eigenvalue weighted by Crippen LogP contribution is 2.46. The fourth-order valence-corrected chi connectivity index (χ4v) is 7.02. The van der Waals surface area contributed by atoms with Crippen molar-refractivity contribution in [3.63, 3.8) is 0 Å². The SMILES string of the molecule is CC(=O)Nc1ccc(C(=O)CSc2nc(C3CC3)nc3sc4c(c23)CCC(C(C)(C)C)C4)cc1. The Kier molecular flexibility index (Phi) is 6.27. The number of nitrogens with one attached hydrogen (secondary N) is 1. The molecule has 0 saturated heterocycles. The van der Waals surface area contributed by atoms with Crippen LogP contribution in [0.4, 0.5) is 5.69 Å². The Labute approximate surface area is 209 Å². The minimum absolute atomic E-state index is 0.0657. The van der Waals surface area contributed by atoms with Gasteiger partial charge in [-0.3, -0.25) is 9.59 Å². The summed E-state index contributed by atoms with van der Waals surface area (Å²) < 4.78 is 0. The molecule has 1 atom stereocenters. The lowest BCUT2D eigenvalue weighted by Gasteiger charge is -2.33. The van der Waals surface area contributed by atoms with Crippen LogP contribution in [0.5, 0.6) is 0 Å². The molecule has 2 aliphatic carbocycles. The summed E-state index contributed by atoms with van der Waals surface area (Å²) in [5, 5.41) is 4.90. The lowest BCUT2D eigenvalue weighted by Crippen LogP contribution is -2.26. The number of amides is 1. The van der Waals surface area contributed by atoms with Gasteiger partial charge >= 0.3 is 0 Å². The summed E-state index contributed by atoms with van der Waals surface area (Å²) >= 11 is 3.39. The van der Waals surface area contributed by atoms with E-state index in [1.807, 2.05) is 11.3 Å². The van der Waals surface area contributed by atoms with Gasteiger partial charge < -0.3 is 5.32 Å². The van der Waals surface area contributed by atoms with Gasteiger partial charge in [0.15, 0.2) is 5.78 Å². The molecule has 2 aromatic heterocycles. The van der Waals surface area contributed by atoms with Crippen LogP contribution in [-0.2, 0) is 17.6 Å². The number of thioether (sulfide) groups is 1. The lowest BCUT2D eigenvalue weighted by molar-refractivity contribution is -0.114. The Hall–Kier alpha value is -2.25. The molecule has 1 fully saturated rings. The highest BCUT2D eigenvalue weighted by atomic mass is 32.2. The molecule has 34 heavy (non-hydrogen) atoms. The molecule has 0 spiro atoms. The summed E-state index contributed by atoms with van der Waals surface area (Å²) in [5.74, 6) is 2.39. The van der Waals surface area contributed by atoms with Crippen molar-refractivity contribution in [3.8, 4) is 0 Å². The highest BCUT2D eigenvalue weighted by Gasteiger charge is 2.33. The Morgan fingerprint density at radius 3 is 2.50 bits per heavy atom. The van der Waals surface area contributed by atoms with E-state index in [2.05, 4.69) is 26.1 Å². The van der Waals surface area contributed by atoms with E-state index in [0.29, 0.717) is 34.3 Å². The molecule has 2 aliphatic rings. The maximum absolute atomic E-state index is 13.0. The van der Waals surface area contributed by atoms with Crippen LogP contribution in [0, 0.1) is 11.3 Å². The fraction of sp³-hybridized carbons (Fsp3) is 0.481. The second-order valence-corrected chi connectivity index (χ2v) is 12.7. The molecule has 7 heteroatoms. The second kappa shape index (κ2) is 9.08. The van der Waals surface area contributed by atoms with Crippen LogP contribution in [0.3, 0.4) is 0 Å². The number of rotatable bonds is 6. The third-order valence-electron chi connectivity index (χ3n) is 6.93. The van der Waals surface area contributed by atoms with Crippen molar-refractivity contribution in [1.82, 2.24) is 9.97 Å². The van der Waals surface area contributed by atoms with Crippen molar-refractivity contribution in [3.05, 3.63) is 46.1 Å². The molecule has 0 radical (unpaired) electrons. The molecule has 5 rings (SSSR count). The first-order valence-electron chi connectivity index (χ1n) is 12.0. The number of hydrogen-bond donors (Lipinski definition) is 1. The van der Waals surface area contributed by atoms with Crippen LogP contribution in [0.25, 0.3) is 10.2 Å². The average Bonchev–Trinajstić information content (AvgIpc) is 3.56. The van der Waals surface area contributed by atoms with Crippen molar-refractivity contribution in [2.75, 3.05) is 11.1 Å². The molecule has 178 valence electrons. The van der Waals surface area contributed by atoms with Gasteiger partial charge in [-0.25, -0.2) is 9.97 Å². The van der Waals surface area contributed by atoms with Crippen molar-refractivity contribution >= 4 is 50.7 Å². The second-order valence-electron chi connectivity index (χ2n) is 10.6. The third-order valence-corrected chi connectivity index (χ3v) is 9.05. The summed E-state index contributed by atoms with van der Waals surface area (Å²) in [4.78, 5) is 36.7. The largest absolute Gasteiger partial charge is 0.326 e. The molecule has 1 saturated carbocycles. The number of anilines is 1. The van der Waals surface area contributed by atoms with E-state index in [0.717, 1.165) is 41.4 Å². The molecule has 0 aliphatic heterocycles. The van der Waals surface area contributed by atoms with E-state index in [4.69, 9.17) is 9.97 Å². The van der Waals surface area contributed by atoms with E-state index < -0.39 is 0 Å². The first kappa shape index (κ1) is 23.5. The van der Waals surface area contributed by atoms with Crippen LogP contribution in [0.15, 0.2) is 29.3 Å². The summed E-state index contributed by atoms with van der Waals surface area (Å²) in [6, 6.07) is 7.10. The molecule has 1 aromatic carbocycles. The van der Waals surface area contributed by atoms with E-state index in [1.54, 1.807) is 36.0 Å². The predicted octanol–water partition coefficient (Wildman–Crippen LogP) is 6.65. The van der Waals surface area contributed by atoms with Gasteiger partial charge in [0.25, 0.3) is 0 Å². The maximum atomic E-state index is 13.0. The Balaban J connectivity index is 1.40. The first-order valence-corrected chi connectivity index (χ1v) is 13.8. The molecule has 2 heterocycles. The van der Waals surface area contributed by atoms with Gasteiger partial charge in [-0.05, 0) is 73.3 Å². The fourth-order valence-electron chi connectivity index (χ4n) is 4.69. The quantitative estimate of drug-likeness (QED) is 0.236. The summed E-state index contributed by atoms with van der Waals surface area (Å²) in [5.41, 5.74) is 3.06. The van der Waals surface area contributed by atoms with Gasteiger partial charge in [-0.2, -0.15) is 0 Å². The van der Waals surface area contributed by atoms with Crippen molar-refractivity contribution in [2.24, 2.45) is 11.3 Å². The van der Waals surface area contributed by atoms with Crippen LogP contribution in [0.2, 0.25) is 0 Å². The smallest absolute Gasteiger partial charge is 0.221 e. The summed E-state index contributed by atoms with van der Waals surface area (Å²) in [7, 11) is 0. The van der Waals surface area contributed by atoms with E-state index in [1.165, 1.54) is 29.2 Å². The van der Waals surface area contributed by atoms with Crippen LogP contribution < -0.4 is 5.32 Å². The Morgan fingerprint density at radius 2 is 1.85 bits per heavy atom. The number of aryl methyl sites for hydroxylation is 1. The molecule has 5 nitrogen and oxygen atoms in total. The third kappa shape index (κ3) is 4.91. The first-order chi connectivity index (χ1) is 16.2. The lowest BCUT2D eigenvalue weighted by atomic mass is 9.72. The minimum Gasteiger partial charge on any atom is -0.326 e. The number of carbonyl (C=O) groups is 2. The van der Waals surface area contributed by atoms with Gasteiger partial charge in [0.05, 0.1) is 5.75 Å². The monoisotopic (exact) mass is 493 g/mol. The van der Waals surface area contributed by atoms with Crippen molar-refractivity contribution in [1.29, 1.82) is 0 Å². The summed E-state index contributed by atoms with van der Waals surface area (Å²) in [6.07, 6.45) is 5.69.